The molecule has 0 aliphatic rings. The van der Waals surface area contributed by atoms with Crippen LogP contribution in [0.3, 0.4) is 0 Å². The molecule has 0 unspecified atom stereocenters. The van der Waals surface area contributed by atoms with Gasteiger partial charge in [-0.05, 0) is 13.0 Å². The van der Waals surface area contributed by atoms with Crippen molar-refractivity contribution in [3.63, 3.8) is 0 Å². The number of aromatic nitrogens is 1. The molecule has 0 saturated carbocycles. The maximum atomic E-state index is 9.11. The Kier molecular flexibility index (Phi) is 3.66. The number of aliphatic hydroxyl groups is 1. The molecule has 4 heteroatoms. The summed E-state index contributed by atoms with van der Waals surface area (Å²) in [5, 5.41) is 9.86. The summed E-state index contributed by atoms with van der Waals surface area (Å²) < 4.78 is 0. The Morgan fingerprint density at radius 2 is 2.00 bits per heavy atom. The third-order valence-corrected chi connectivity index (χ3v) is 3.40. The normalized spacial score (nSPS) is 10.6. The molecule has 0 fully saturated rings. The second kappa shape index (κ2) is 5.21. The van der Waals surface area contributed by atoms with Gasteiger partial charge in [0.15, 0.2) is 0 Å². The van der Waals surface area contributed by atoms with Crippen molar-refractivity contribution in [3.05, 3.63) is 40.2 Å². The van der Waals surface area contributed by atoms with Crippen LogP contribution in [-0.4, -0.2) is 16.6 Å². The fraction of sp³-hybridized carbons (Fsp3) is 0.250. The Labute approximate surface area is 98.6 Å². The zero-order chi connectivity index (χ0) is 11.4. The first-order valence-corrected chi connectivity index (χ1v) is 6.01. The first-order chi connectivity index (χ1) is 7.85. The van der Waals surface area contributed by atoms with Gasteiger partial charge in [0, 0.05) is 10.4 Å². The number of rotatable bonds is 4. The van der Waals surface area contributed by atoms with Crippen LogP contribution >= 0.6 is 11.3 Å². The van der Waals surface area contributed by atoms with Crippen LogP contribution in [0.1, 0.15) is 9.88 Å². The van der Waals surface area contributed by atoms with Gasteiger partial charge >= 0.3 is 0 Å². The van der Waals surface area contributed by atoms with Crippen molar-refractivity contribution < 1.29 is 5.11 Å². The van der Waals surface area contributed by atoms with Gasteiger partial charge < -0.3 is 10.8 Å². The minimum absolute atomic E-state index is 0.00489. The molecule has 1 aromatic heterocycles. The second-order valence-corrected chi connectivity index (χ2v) is 4.61. The smallest absolute Gasteiger partial charge is 0.119 e. The average molecular weight is 234 g/mol. The molecule has 0 atom stereocenters. The molecule has 3 nitrogen and oxygen atoms in total. The van der Waals surface area contributed by atoms with E-state index in [0.29, 0.717) is 6.54 Å². The SMILES string of the molecule is NCCc1sc(CO)nc1-c1ccccc1. The second-order valence-electron chi connectivity index (χ2n) is 3.44. The van der Waals surface area contributed by atoms with E-state index in [0.717, 1.165) is 27.6 Å². The third kappa shape index (κ3) is 2.29. The molecule has 84 valence electrons. The zero-order valence-corrected chi connectivity index (χ0v) is 9.70. The molecule has 0 saturated heterocycles. The van der Waals surface area contributed by atoms with Crippen molar-refractivity contribution in [2.45, 2.75) is 13.0 Å². The Balaban J connectivity index is 2.42. The predicted octanol–water partition coefficient (Wildman–Crippen LogP) is 1.80. The van der Waals surface area contributed by atoms with Gasteiger partial charge in [-0.3, -0.25) is 0 Å². The van der Waals surface area contributed by atoms with Crippen molar-refractivity contribution in [2.24, 2.45) is 5.73 Å². The highest BCUT2D eigenvalue weighted by Crippen LogP contribution is 2.28. The number of nitrogens with two attached hydrogens (primary N) is 1. The summed E-state index contributed by atoms with van der Waals surface area (Å²) in [6.07, 6.45) is 0.807. The van der Waals surface area contributed by atoms with E-state index in [9.17, 15) is 0 Å². The number of aliphatic hydroxyl groups excluding tert-OH is 1. The van der Waals surface area contributed by atoms with Crippen LogP contribution in [-0.2, 0) is 13.0 Å². The first kappa shape index (κ1) is 11.3. The van der Waals surface area contributed by atoms with E-state index in [2.05, 4.69) is 4.98 Å². The Hall–Kier alpha value is -1.23. The van der Waals surface area contributed by atoms with Crippen LogP contribution in [0.15, 0.2) is 30.3 Å². The van der Waals surface area contributed by atoms with Crippen LogP contribution in [0.25, 0.3) is 11.3 Å². The van der Waals surface area contributed by atoms with Gasteiger partial charge in [-0.25, -0.2) is 4.98 Å². The molecular weight excluding hydrogens is 220 g/mol. The Bertz CT molecular complexity index is 453. The standard InChI is InChI=1S/C12H14N2OS/c13-7-6-10-12(14-11(8-15)16-10)9-4-2-1-3-5-9/h1-5,15H,6-8,13H2. The predicted molar refractivity (Wildman–Crippen MR) is 66.2 cm³/mol. The summed E-state index contributed by atoms with van der Waals surface area (Å²) in [5.74, 6) is 0. The van der Waals surface area contributed by atoms with Crippen molar-refractivity contribution in [2.75, 3.05) is 6.54 Å². The molecule has 1 heterocycles. The number of thiazole rings is 1. The number of nitrogens with zero attached hydrogens (tertiary/aromatic N) is 1. The van der Waals surface area contributed by atoms with Crippen molar-refractivity contribution >= 4 is 11.3 Å². The van der Waals surface area contributed by atoms with Crippen LogP contribution in [0.2, 0.25) is 0 Å². The summed E-state index contributed by atoms with van der Waals surface area (Å²) >= 11 is 1.54. The van der Waals surface area contributed by atoms with Gasteiger partial charge in [-0.2, -0.15) is 0 Å². The summed E-state index contributed by atoms with van der Waals surface area (Å²) in [6, 6.07) is 10.00. The maximum absolute atomic E-state index is 9.11. The minimum atomic E-state index is -0.00489. The highest BCUT2D eigenvalue weighted by molar-refractivity contribution is 7.12. The lowest BCUT2D eigenvalue weighted by Crippen LogP contribution is -2.02. The first-order valence-electron chi connectivity index (χ1n) is 5.20. The molecule has 0 bridgehead atoms. The molecule has 2 aromatic rings. The van der Waals surface area contributed by atoms with Crippen LogP contribution in [0, 0.1) is 0 Å². The lowest BCUT2D eigenvalue weighted by atomic mass is 10.1. The number of benzene rings is 1. The van der Waals surface area contributed by atoms with E-state index in [1.807, 2.05) is 30.3 Å². The number of hydrogen-bond donors (Lipinski definition) is 2. The van der Waals surface area contributed by atoms with Crippen LogP contribution in [0.4, 0.5) is 0 Å². The molecule has 0 spiro atoms. The van der Waals surface area contributed by atoms with E-state index >= 15 is 0 Å². The summed E-state index contributed by atoms with van der Waals surface area (Å²) in [5.41, 5.74) is 7.62. The van der Waals surface area contributed by atoms with E-state index in [1.54, 1.807) is 0 Å². The molecule has 3 N–H and O–H groups in total. The molecular formula is C12H14N2OS. The van der Waals surface area contributed by atoms with Gasteiger partial charge in [0.1, 0.15) is 5.01 Å². The zero-order valence-electron chi connectivity index (χ0n) is 8.89. The fourth-order valence-electron chi connectivity index (χ4n) is 1.59. The van der Waals surface area contributed by atoms with Crippen LogP contribution in [0.5, 0.6) is 0 Å². The summed E-state index contributed by atoms with van der Waals surface area (Å²) in [4.78, 5) is 5.58. The van der Waals surface area contributed by atoms with E-state index in [1.165, 1.54) is 11.3 Å². The fourth-order valence-corrected chi connectivity index (χ4v) is 2.56. The van der Waals surface area contributed by atoms with Gasteiger partial charge in [0.2, 0.25) is 0 Å². The van der Waals surface area contributed by atoms with E-state index < -0.39 is 0 Å². The molecule has 0 aliphatic carbocycles. The maximum Gasteiger partial charge on any atom is 0.119 e. The highest BCUT2D eigenvalue weighted by Gasteiger charge is 2.11. The third-order valence-electron chi connectivity index (χ3n) is 2.30. The van der Waals surface area contributed by atoms with Crippen molar-refractivity contribution in [3.8, 4) is 11.3 Å². The monoisotopic (exact) mass is 234 g/mol. The lowest BCUT2D eigenvalue weighted by molar-refractivity contribution is 0.281. The summed E-state index contributed by atoms with van der Waals surface area (Å²) in [6.45, 7) is 0.599. The summed E-state index contributed by atoms with van der Waals surface area (Å²) in [7, 11) is 0. The molecule has 0 radical (unpaired) electrons. The van der Waals surface area contributed by atoms with Gasteiger partial charge in [-0.1, -0.05) is 30.3 Å². The molecule has 2 rings (SSSR count). The molecule has 0 amide bonds. The molecule has 1 aromatic carbocycles. The minimum Gasteiger partial charge on any atom is -0.389 e. The Morgan fingerprint density at radius 3 is 2.62 bits per heavy atom. The van der Waals surface area contributed by atoms with Gasteiger partial charge in [-0.15, -0.1) is 11.3 Å². The highest BCUT2D eigenvalue weighted by atomic mass is 32.1. The van der Waals surface area contributed by atoms with Gasteiger partial charge in [0.25, 0.3) is 0 Å². The quantitative estimate of drug-likeness (QED) is 0.848. The van der Waals surface area contributed by atoms with Crippen molar-refractivity contribution in [1.29, 1.82) is 0 Å². The largest absolute Gasteiger partial charge is 0.389 e. The van der Waals surface area contributed by atoms with E-state index in [-0.39, 0.29) is 6.61 Å². The van der Waals surface area contributed by atoms with Crippen LogP contribution < -0.4 is 5.73 Å². The molecule has 0 aliphatic heterocycles. The van der Waals surface area contributed by atoms with Gasteiger partial charge in [0.05, 0.1) is 12.3 Å². The average Bonchev–Trinajstić information content (AvgIpc) is 2.74. The van der Waals surface area contributed by atoms with E-state index in [4.69, 9.17) is 10.8 Å². The lowest BCUT2D eigenvalue weighted by Gasteiger charge is -2.00. The Morgan fingerprint density at radius 1 is 1.25 bits per heavy atom. The molecule has 16 heavy (non-hydrogen) atoms. The van der Waals surface area contributed by atoms with Crippen molar-refractivity contribution in [1.82, 2.24) is 4.98 Å². The topological polar surface area (TPSA) is 59.1 Å². The number of hydrogen-bond acceptors (Lipinski definition) is 4.